The van der Waals surface area contributed by atoms with E-state index in [2.05, 4.69) is 5.32 Å². The largest absolute Gasteiger partial charge is 0.481 e. The van der Waals surface area contributed by atoms with Crippen LogP contribution in [0, 0.1) is 11.3 Å². The van der Waals surface area contributed by atoms with Gasteiger partial charge in [0.15, 0.2) is 0 Å². The van der Waals surface area contributed by atoms with Crippen molar-refractivity contribution >= 4 is 23.5 Å². The van der Waals surface area contributed by atoms with Crippen molar-refractivity contribution in [3.63, 3.8) is 0 Å². The zero-order valence-electron chi connectivity index (χ0n) is 13.5. The van der Waals surface area contributed by atoms with Gasteiger partial charge >= 0.3 is 5.97 Å². The third-order valence-corrected chi connectivity index (χ3v) is 4.84. The van der Waals surface area contributed by atoms with Crippen molar-refractivity contribution in [1.29, 1.82) is 0 Å². The molecule has 0 aliphatic heterocycles. The van der Waals surface area contributed by atoms with Gasteiger partial charge in [-0.25, -0.2) is 0 Å². The Kier molecular flexibility index (Phi) is 6.05. The topological polar surface area (TPSA) is 66.4 Å². The normalized spacial score (nSPS) is 17.7. The summed E-state index contributed by atoms with van der Waals surface area (Å²) in [6, 6.07) is 7.67. The molecule has 1 saturated carbocycles. The Bertz CT molecular complexity index is 567. The molecule has 0 spiro atoms. The van der Waals surface area contributed by atoms with Gasteiger partial charge in [-0.2, -0.15) is 0 Å². The standard InChI is InChI=1S/C18H24ClNO3/c1-13(9-16(21)22)12-20-17(23)18(7-2-3-8-18)11-14-5-4-6-15(19)10-14/h4-6,10,13H,2-3,7-9,11-12H2,1H3,(H,20,23)(H,21,22). The Morgan fingerprint density at radius 3 is 2.65 bits per heavy atom. The summed E-state index contributed by atoms with van der Waals surface area (Å²) in [5.41, 5.74) is 0.696. The number of carbonyl (C=O) groups is 2. The molecule has 1 aliphatic carbocycles. The zero-order chi connectivity index (χ0) is 16.9. The SMILES string of the molecule is CC(CNC(=O)C1(Cc2cccc(Cl)c2)CCCC1)CC(=O)O. The highest BCUT2D eigenvalue weighted by atomic mass is 35.5. The third-order valence-electron chi connectivity index (χ3n) is 4.61. The number of carboxylic acid groups (broad SMARTS) is 1. The highest BCUT2D eigenvalue weighted by Gasteiger charge is 2.41. The van der Waals surface area contributed by atoms with Crippen LogP contribution in [-0.2, 0) is 16.0 Å². The summed E-state index contributed by atoms with van der Waals surface area (Å²) >= 11 is 6.05. The third kappa shape index (κ3) is 4.96. The highest BCUT2D eigenvalue weighted by molar-refractivity contribution is 6.30. The first-order valence-electron chi connectivity index (χ1n) is 8.16. The quantitative estimate of drug-likeness (QED) is 0.797. The number of hydrogen-bond donors (Lipinski definition) is 2. The average Bonchev–Trinajstić information content (AvgIpc) is 2.94. The molecule has 1 aliphatic rings. The number of halogens is 1. The Balaban J connectivity index is 2.02. The van der Waals surface area contributed by atoms with E-state index in [1.807, 2.05) is 31.2 Å². The van der Waals surface area contributed by atoms with Gasteiger partial charge < -0.3 is 10.4 Å². The van der Waals surface area contributed by atoms with Crippen molar-refractivity contribution in [3.8, 4) is 0 Å². The van der Waals surface area contributed by atoms with Gasteiger partial charge in [-0.1, -0.05) is 43.5 Å². The summed E-state index contributed by atoms with van der Waals surface area (Å²) < 4.78 is 0. The molecule has 4 nitrogen and oxygen atoms in total. The molecule has 1 aromatic rings. The molecule has 1 aromatic carbocycles. The fourth-order valence-corrected chi connectivity index (χ4v) is 3.61. The maximum atomic E-state index is 12.8. The molecule has 23 heavy (non-hydrogen) atoms. The van der Waals surface area contributed by atoms with E-state index in [0.29, 0.717) is 18.0 Å². The molecule has 1 amide bonds. The first kappa shape index (κ1) is 17.8. The van der Waals surface area contributed by atoms with Crippen molar-refractivity contribution in [1.82, 2.24) is 5.32 Å². The smallest absolute Gasteiger partial charge is 0.303 e. The predicted octanol–water partition coefficient (Wildman–Crippen LogP) is 3.67. The number of carbonyl (C=O) groups excluding carboxylic acids is 1. The second kappa shape index (κ2) is 7.82. The summed E-state index contributed by atoms with van der Waals surface area (Å²) in [6.45, 7) is 2.25. The maximum absolute atomic E-state index is 12.8. The monoisotopic (exact) mass is 337 g/mol. The molecule has 5 heteroatoms. The van der Waals surface area contributed by atoms with E-state index in [1.165, 1.54) is 0 Å². The molecule has 1 fully saturated rings. The second-order valence-corrected chi connectivity index (χ2v) is 7.14. The first-order valence-corrected chi connectivity index (χ1v) is 8.54. The molecule has 0 saturated heterocycles. The van der Waals surface area contributed by atoms with E-state index in [1.54, 1.807) is 0 Å². The molecule has 0 aromatic heterocycles. The van der Waals surface area contributed by atoms with E-state index < -0.39 is 5.97 Å². The van der Waals surface area contributed by atoms with Crippen LogP contribution in [0.1, 0.15) is 44.6 Å². The van der Waals surface area contributed by atoms with Gasteiger partial charge in [-0.15, -0.1) is 0 Å². The van der Waals surface area contributed by atoms with E-state index in [4.69, 9.17) is 16.7 Å². The van der Waals surface area contributed by atoms with Gasteiger partial charge in [0, 0.05) is 18.0 Å². The zero-order valence-corrected chi connectivity index (χ0v) is 14.2. The van der Waals surface area contributed by atoms with Crippen LogP contribution < -0.4 is 5.32 Å². The molecule has 1 unspecified atom stereocenters. The molecular formula is C18H24ClNO3. The number of benzene rings is 1. The van der Waals surface area contributed by atoms with Crippen molar-refractivity contribution < 1.29 is 14.7 Å². The molecular weight excluding hydrogens is 314 g/mol. The minimum Gasteiger partial charge on any atom is -0.481 e. The fraction of sp³-hybridized carbons (Fsp3) is 0.556. The number of rotatable bonds is 7. The molecule has 1 atom stereocenters. The summed E-state index contributed by atoms with van der Waals surface area (Å²) in [4.78, 5) is 23.5. The van der Waals surface area contributed by atoms with Gasteiger partial charge in [0.1, 0.15) is 0 Å². The number of aliphatic carboxylic acids is 1. The van der Waals surface area contributed by atoms with Crippen LogP contribution in [0.4, 0.5) is 0 Å². The van der Waals surface area contributed by atoms with Crippen molar-refractivity contribution in [2.75, 3.05) is 6.54 Å². The summed E-state index contributed by atoms with van der Waals surface area (Å²) in [6.07, 6.45) is 4.61. The van der Waals surface area contributed by atoms with Crippen molar-refractivity contribution in [2.24, 2.45) is 11.3 Å². The minimum atomic E-state index is -0.832. The van der Waals surface area contributed by atoms with E-state index in [9.17, 15) is 9.59 Å². The second-order valence-electron chi connectivity index (χ2n) is 6.71. The van der Waals surface area contributed by atoms with Crippen LogP contribution in [0.15, 0.2) is 24.3 Å². The van der Waals surface area contributed by atoms with Crippen molar-refractivity contribution in [2.45, 2.75) is 45.4 Å². The number of carboxylic acids is 1. The van der Waals surface area contributed by atoms with E-state index in [-0.39, 0.29) is 23.7 Å². The van der Waals surface area contributed by atoms with Gasteiger partial charge in [-0.3, -0.25) is 9.59 Å². The van der Waals surface area contributed by atoms with Crippen LogP contribution in [0.2, 0.25) is 5.02 Å². The lowest BCUT2D eigenvalue weighted by molar-refractivity contribution is -0.138. The Morgan fingerprint density at radius 2 is 2.04 bits per heavy atom. The van der Waals surface area contributed by atoms with Crippen LogP contribution >= 0.6 is 11.6 Å². The minimum absolute atomic E-state index is 0.0483. The van der Waals surface area contributed by atoms with Gasteiger partial charge in [0.05, 0.1) is 5.41 Å². The first-order chi connectivity index (χ1) is 10.9. The van der Waals surface area contributed by atoms with Crippen molar-refractivity contribution in [3.05, 3.63) is 34.9 Å². The highest BCUT2D eigenvalue weighted by Crippen LogP contribution is 2.41. The Hall–Kier alpha value is -1.55. The molecule has 0 bridgehead atoms. The van der Waals surface area contributed by atoms with E-state index >= 15 is 0 Å². The number of amides is 1. The van der Waals surface area contributed by atoms with Gasteiger partial charge in [0.25, 0.3) is 0 Å². The molecule has 2 rings (SSSR count). The fourth-order valence-electron chi connectivity index (χ4n) is 3.40. The summed E-state index contributed by atoms with van der Waals surface area (Å²) in [5, 5.41) is 12.5. The van der Waals surface area contributed by atoms with Crippen LogP contribution in [0.25, 0.3) is 0 Å². The van der Waals surface area contributed by atoms with Gasteiger partial charge in [-0.05, 0) is 42.9 Å². The lowest BCUT2D eigenvalue weighted by Gasteiger charge is -2.28. The summed E-state index contributed by atoms with van der Waals surface area (Å²) in [7, 11) is 0. The van der Waals surface area contributed by atoms with E-state index in [0.717, 1.165) is 31.2 Å². The average molecular weight is 338 g/mol. The molecule has 0 radical (unpaired) electrons. The predicted molar refractivity (Wildman–Crippen MR) is 90.5 cm³/mol. The number of hydrogen-bond acceptors (Lipinski definition) is 2. The lowest BCUT2D eigenvalue weighted by atomic mass is 9.79. The van der Waals surface area contributed by atoms with Gasteiger partial charge in [0.2, 0.25) is 5.91 Å². The Labute approximate surface area is 142 Å². The lowest BCUT2D eigenvalue weighted by Crippen LogP contribution is -2.42. The molecule has 126 valence electrons. The van der Waals surface area contributed by atoms with Crippen LogP contribution in [0.3, 0.4) is 0 Å². The Morgan fingerprint density at radius 1 is 1.35 bits per heavy atom. The molecule has 2 N–H and O–H groups in total. The van der Waals surface area contributed by atoms with Crippen LogP contribution in [0.5, 0.6) is 0 Å². The summed E-state index contributed by atoms with van der Waals surface area (Å²) in [5.74, 6) is -0.852. The van der Waals surface area contributed by atoms with Crippen LogP contribution in [-0.4, -0.2) is 23.5 Å². The number of nitrogens with one attached hydrogen (secondary N) is 1. The maximum Gasteiger partial charge on any atom is 0.303 e. The molecule has 0 heterocycles.